The average Bonchev–Trinajstić information content (AvgIpc) is 3.05. The van der Waals surface area contributed by atoms with Crippen molar-refractivity contribution in [3.05, 3.63) is 59.0 Å². The summed E-state index contributed by atoms with van der Waals surface area (Å²) in [6, 6.07) is 14.5. The number of para-hydroxylation sites is 4. The predicted octanol–water partition coefficient (Wildman–Crippen LogP) is 2.08. The second kappa shape index (κ2) is 7.83. The number of ether oxygens (including phenoxy) is 2. The highest BCUT2D eigenvalue weighted by atomic mass is 16.6. The van der Waals surface area contributed by atoms with Crippen LogP contribution in [0, 0.1) is 0 Å². The minimum absolute atomic E-state index is 0.104. The number of aromatic nitrogens is 2. The number of amides is 1. The molecule has 0 fully saturated rings. The lowest BCUT2D eigenvalue weighted by atomic mass is 10.2. The molecule has 8 nitrogen and oxygen atoms in total. The first-order valence-electron chi connectivity index (χ1n) is 9.42. The van der Waals surface area contributed by atoms with Crippen LogP contribution in [0.1, 0.15) is 13.3 Å². The summed E-state index contributed by atoms with van der Waals surface area (Å²) >= 11 is 0. The summed E-state index contributed by atoms with van der Waals surface area (Å²) in [7, 11) is 0. The summed E-state index contributed by atoms with van der Waals surface area (Å²) in [6.07, 6.45) is -0.405. The number of nitrogens with zero attached hydrogens (tertiary/aromatic N) is 2. The van der Waals surface area contributed by atoms with Crippen LogP contribution in [0.4, 0.5) is 5.69 Å². The first kappa shape index (κ1) is 18.8. The van der Waals surface area contributed by atoms with E-state index in [0.29, 0.717) is 24.4 Å². The number of nitrogens with one attached hydrogen (secondary N) is 1. The number of carbonyl (C=O) groups is 2. The standard InChI is InChI=1S/C21H21N3O5/c1-14(25)24-13-19(29-18-10-5-4-9-17(18)24)20(26)28-12-6-11-23-16-8-3-2-7-15(16)22-21(23)27/h2-5,7-10,19H,6,11-13H2,1H3,(H,22,27)/t19-/m1/s1. The van der Waals surface area contributed by atoms with Crippen molar-refractivity contribution in [2.24, 2.45) is 0 Å². The number of benzene rings is 2. The van der Waals surface area contributed by atoms with E-state index in [1.807, 2.05) is 30.3 Å². The van der Waals surface area contributed by atoms with Gasteiger partial charge in [0.15, 0.2) is 0 Å². The normalized spacial score (nSPS) is 15.6. The van der Waals surface area contributed by atoms with Gasteiger partial charge >= 0.3 is 11.7 Å². The predicted molar refractivity (Wildman–Crippen MR) is 107 cm³/mol. The molecule has 0 unspecified atom stereocenters. The Morgan fingerprint density at radius 1 is 1.17 bits per heavy atom. The van der Waals surface area contributed by atoms with E-state index in [2.05, 4.69) is 4.98 Å². The van der Waals surface area contributed by atoms with Crippen molar-refractivity contribution >= 4 is 28.6 Å². The van der Waals surface area contributed by atoms with Crippen molar-refractivity contribution in [2.75, 3.05) is 18.1 Å². The van der Waals surface area contributed by atoms with Crippen LogP contribution in [0.25, 0.3) is 11.0 Å². The molecule has 0 spiro atoms. The quantitative estimate of drug-likeness (QED) is 0.527. The highest BCUT2D eigenvalue weighted by Gasteiger charge is 2.33. The molecule has 150 valence electrons. The summed E-state index contributed by atoms with van der Waals surface area (Å²) < 4.78 is 12.7. The zero-order chi connectivity index (χ0) is 20.4. The molecule has 1 amide bonds. The maximum atomic E-state index is 12.5. The highest BCUT2D eigenvalue weighted by molar-refractivity contribution is 5.95. The van der Waals surface area contributed by atoms with Crippen molar-refractivity contribution in [3.63, 3.8) is 0 Å². The minimum atomic E-state index is -0.885. The van der Waals surface area contributed by atoms with E-state index in [0.717, 1.165) is 11.0 Å². The Bertz CT molecular complexity index is 1120. The first-order valence-corrected chi connectivity index (χ1v) is 9.42. The maximum absolute atomic E-state index is 12.5. The van der Waals surface area contributed by atoms with E-state index in [9.17, 15) is 14.4 Å². The molecule has 2 heterocycles. The molecule has 1 aliphatic heterocycles. The minimum Gasteiger partial charge on any atom is -0.475 e. The smallest absolute Gasteiger partial charge is 0.349 e. The van der Waals surface area contributed by atoms with Gasteiger partial charge in [0, 0.05) is 13.5 Å². The summed E-state index contributed by atoms with van der Waals surface area (Å²) in [5, 5.41) is 0. The molecule has 3 aromatic rings. The molecule has 4 rings (SSSR count). The molecular weight excluding hydrogens is 374 g/mol. The van der Waals surface area contributed by atoms with E-state index < -0.39 is 12.1 Å². The second-order valence-electron chi connectivity index (χ2n) is 6.82. The van der Waals surface area contributed by atoms with Gasteiger partial charge < -0.3 is 19.4 Å². The van der Waals surface area contributed by atoms with Gasteiger partial charge in [0.2, 0.25) is 12.0 Å². The number of aryl methyl sites for hydroxylation is 1. The number of hydrogen-bond donors (Lipinski definition) is 1. The molecular formula is C21H21N3O5. The Hall–Kier alpha value is -3.55. The molecule has 0 radical (unpaired) electrons. The summed E-state index contributed by atoms with van der Waals surface area (Å²) in [5.74, 6) is -0.226. The van der Waals surface area contributed by atoms with E-state index in [1.54, 1.807) is 22.8 Å². The monoisotopic (exact) mass is 395 g/mol. The lowest BCUT2D eigenvalue weighted by molar-refractivity contribution is -0.152. The molecule has 0 saturated carbocycles. The number of hydrogen-bond acceptors (Lipinski definition) is 5. The highest BCUT2D eigenvalue weighted by Crippen LogP contribution is 2.33. The zero-order valence-corrected chi connectivity index (χ0v) is 16.0. The Morgan fingerprint density at radius 3 is 2.76 bits per heavy atom. The van der Waals surface area contributed by atoms with Crippen LogP contribution < -0.4 is 15.3 Å². The van der Waals surface area contributed by atoms with Gasteiger partial charge in [-0.2, -0.15) is 0 Å². The number of aromatic amines is 1. The van der Waals surface area contributed by atoms with Crippen molar-refractivity contribution in [3.8, 4) is 5.75 Å². The van der Waals surface area contributed by atoms with Crippen LogP contribution in [0.2, 0.25) is 0 Å². The summed E-state index contributed by atoms with van der Waals surface area (Å²) in [5.41, 5.74) is 2.03. The SMILES string of the molecule is CC(=O)N1C[C@H](C(=O)OCCCn2c(=O)[nH]c3ccccc32)Oc2ccccc21. The fourth-order valence-electron chi connectivity index (χ4n) is 3.47. The van der Waals surface area contributed by atoms with Gasteiger partial charge in [0.25, 0.3) is 0 Å². The number of carbonyl (C=O) groups excluding carboxylic acids is 2. The number of H-pyrrole nitrogens is 1. The molecule has 0 saturated heterocycles. The van der Waals surface area contributed by atoms with Crippen molar-refractivity contribution in [2.45, 2.75) is 26.0 Å². The van der Waals surface area contributed by atoms with Gasteiger partial charge in [-0.3, -0.25) is 9.36 Å². The van der Waals surface area contributed by atoms with E-state index in [4.69, 9.17) is 9.47 Å². The van der Waals surface area contributed by atoms with Gasteiger partial charge in [-0.1, -0.05) is 24.3 Å². The molecule has 1 aliphatic rings. The average molecular weight is 395 g/mol. The third-order valence-electron chi connectivity index (χ3n) is 4.87. The van der Waals surface area contributed by atoms with Gasteiger partial charge in [-0.05, 0) is 30.7 Å². The topological polar surface area (TPSA) is 93.6 Å². The van der Waals surface area contributed by atoms with Crippen LogP contribution >= 0.6 is 0 Å². The van der Waals surface area contributed by atoms with Crippen LogP contribution in [-0.2, 0) is 20.9 Å². The van der Waals surface area contributed by atoms with Crippen molar-refractivity contribution in [1.82, 2.24) is 9.55 Å². The number of imidazole rings is 1. The lowest BCUT2D eigenvalue weighted by Gasteiger charge is -2.33. The molecule has 8 heteroatoms. The molecule has 0 bridgehead atoms. The molecule has 2 aromatic carbocycles. The fraction of sp³-hybridized carbons (Fsp3) is 0.286. The molecule has 1 atom stereocenters. The van der Waals surface area contributed by atoms with Crippen LogP contribution in [0.5, 0.6) is 5.75 Å². The first-order chi connectivity index (χ1) is 14.0. The molecule has 29 heavy (non-hydrogen) atoms. The Morgan fingerprint density at radius 2 is 1.93 bits per heavy atom. The van der Waals surface area contributed by atoms with E-state index >= 15 is 0 Å². The number of anilines is 1. The van der Waals surface area contributed by atoms with Crippen molar-refractivity contribution < 1.29 is 19.1 Å². The van der Waals surface area contributed by atoms with E-state index in [1.165, 1.54) is 11.8 Å². The van der Waals surface area contributed by atoms with Gasteiger partial charge in [-0.15, -0.1) is 0 Å². The van der Waals surface area contributed by atoms with Crippen LogP contribution in [-0.4, -0.2) is 40.7 Å². The van der Waals surface area contributed by atoms with Crippen molar-refractivity contribution in [1.29, 1.82) is 0 Å². The Balaban J connectivity index is 1.36. The summed E-state index contributed by atoms with van der Waals surface area (Å²) in [4.78, 5) is 40.8. The van der Waals surface area contributed by atoms with Crippen LogP contribution in [0.3, 0.4) is 0 Å². The Kier molecular flexibility index (Phi) is 5.07. The number of fused-ring (bicyclic) bond motifs is 2. The van der Waals surface area contributed by atoms with Crippen LogP contribution in [0.15, 0.2) is 53.3 Å². The zero-order valence-electron chi connectivity index (χ0n) is 16.0. The lowest BCUT2D eigenvalue weighted by Crippen LogP contribution is -2.47. The fourth-order valence-corrected chi connectivity index (χ4v) is 3.47. The molecule has 1 aromatic heterocycles. The third-order valence-corrected chi connectivity index (χ3v) is 4.87. The van der Waals surface area contributed by atoms with Gasteiger partial charge in [0.05, 0.1) is 29.9 Å². The maximum Gasteiger partial charge on any atom is 0.349 e. The number of rotatable bonds is 5. The third kappa shape index (κ3) is 3.73. The molecule has 0 aliphatic carbocycles. The summed E-state index contributed by atoms with van der Waals surface area (Å²) in [6.45, 7) is 2.12. The Labute approximate surface area is 166 Å². The molecule has 1 N–H and O–H groups in total. The van der Waals surface area contributed by atoms with Gasteiger partial charge in [0.1, 0.15) is 5.75 Å². The number of esters is 1. The van der Waals surface area contributed by atoms with E-state index in [-0.39, 0.29) is 24.7 Å². The second-order valence-corrected chi connectivity index (χ2v) is 6.82. The largest absolute Gasteiger partial charge is 0.475 e. The van der Waals surface area contributed by atoms with Gasteiger partial charge in [-0.25, -0.2) is 9.59 Å².